The van der Waals surface area contributed by atoms with Crippen molar-refractivity contribution < 1.29 is 47.8 Å². The second-order valence-corrected chi connectivity index (χ2v) is 14.4. The number of unbranched alkanes of at least 4 members (excludes halogenated alkanes) is 16. The van der Waals surface area contributed by atoms with Crippen molar-refractivity contribution in [2.24, 2.45) is 0 Å². The van der Waals surface area contributed by atoms with Gasteiger partial charge in [-0.25, -0.2) is 4.57 Å². The molecule has 0 aromatic rings. The van der Waals surface area contributed by atoms with Crippen molar-refractivity contribution in [2.75, 3.05) is 26.4 Å². The number of esters is 2. The number of allylic oxidation sites excluding steroid dienone is 6. The summed E-state index contributed by atoms with van der Waals surface area (Å²) in [6.07, 6.45) is 34.0. The first-order valence-corrected chi connectivity index (χ1v) is 20.9. The third-order valence-corrected chi connectivity index (χ3v) is 8.95. The lowest BCUT2D eigenvalue weighted by atomic mass is 10.1. The molecule has 0 aromatic heterocycles. The van der Waals surface area contributed by atoms with Crippen LogP contribution in [0.3, 0.4) is 0 Å². The predicted octanol–water partition coefficient (Wildman–Crippen LogP) is 9.61. The van der Waals surface area contributed by atoms with Gasteiger partial charge in [0.1, 0.15) is 12.7 Å². The van der Waals surface area contributed by atoms with Crippen LogP contribution >= 0.6 is 7.82 Å². The molecule has 0 aromatic carbocycles. The Kier molecular flexibility index (Phi) is 34.3. The van der Waals surface area contributed by atoms with Crippen molar-refractivity contribution in [3.63, 3.8) is 0 Å². The van der Waals surface area contributed by atoms with Crippen LogP contribution in [0.1, 0.15) is 162 Å². The van der Waals surface area contributed by atoms with E-state index in [1.807, 2.05) is 0 Å². The Morgan fingerprint density at radius 2 is 1.08 bits per heavy atom. The van der Waals surface area contributed by atoms with E-state index in [0.29, 0.717) is 12.8 Å². The molecule has 0 amide bonds. The number of carbonyl (C=O) groups is 2. The minimum Gasteiger partial charge on any atom is -0.462 e. The van der Waals surface area contributed by atoms with E-state index in [0.717, 1.165) is 83.5 Å². The molecule has 3 unspecified atom stereocenters. The highest BCUT2D eigenvalue weighted by molar-refractivity contribution is 7.47. The highest BCUT2D eigenvalue weighted by Gasteiger charge is 2.27. The van der Waals surface area contributed by atoms with Crippen LogP contribution in [0, 0.1) is 0 Å². The Labute approximate surface area is 303 Å². The topological polar surface area (TPSA) is 149 Å². The number of aliphatic hydroxyl groups excluding tert-OH is 2. The highest BCUT2D eigenvalue weighted by Crippen LogP contribution is 2.43. The first kappa shape index (κ1) is 48.2. The van der Waals surface area contributed by atoms with Crippen LogP contribution in [0.5, 0.6) is 0 Å². The molecule has 0 bridgehead atoms. The molecule has 10 nitrogen and oxygen atoms in total. The summed E-state index contributed by atoms with van der Waals surface area (Å²) in [5.74, 6) is -0.949. The van der Waals surface area contributed by atoms with Gasteiger partial charge in [0.15, 0.2) is 6.10 Å². The van der Waals surface area contributed by atoms with E-state index in [1.54, 1.807) is 0 Å². The van der Waals surface area contributed by atoms with Gasteiger partial charge in [-0.15, -0.1) is 0 Å². The number of phosphoric ester groups is 1. The van der Waals surface area contributed by atoms with E-state index < -0.39 is 51.8 Å². The average molecular weight is 731 g/mol. The Balaban J connectivity index is 4.35. The van der Waals surface area contributed by atoms with E-state index in [2.05, 4.69) is 54.8 Å². The van der Waals surface area contributed by atoms with Gasteiger partial charge < -0.3 is 24.6 Å². The van der Waals surface area contributed by atoms with Crippen molar-refractivity contribution in [3.8, 4) is 0 Å². The largest absolute Gasteiger partial charge is 0.472 e. The molecule has 0 saturated carbocycles. The number of ether oxygens (including phenoxy) is 2. The zero-order chi connectivity index (χ0) is 37.0. The fourth-order valence-electron chi connectivity index (χ4n) is 4.97. The molecule has 0 aliphatic rings. The summed E-state index contributed by atoms with van der Waals surface area (Å²) in [6, 6.07) is 0. The summed E-state index contributed by atoms with van der Waals surface area (Å²) in [7, 11) is -4.61. The van der Waals surface area contributed by atoms with Gasteiger partial charge >= 0.3 is 19.8 Å². The Bertz CT molecular complexity index is 936. The molecule has 0 aliphatic heterocycles. The van der Waals surface area contributed by atoms with Crippen LogP contribution in [-0.2, 0) is 32.7 Å². The summed E-state index contributed by atoms with van der Waals surface area (Å²) in [4.78, 5) is 34.8. The smallest absolute Gasteiger partial charge is 0.462 e. The maximum Gasteiger partial charge on any atom is 0.472 e. The summed E-state index contributed by atoms with van der Waals surface area (Å²) in [5.41, 5.74) is 0. The van der Waals surface area contributed by atoms with Gasteiger partial charge in [0.25, 0.3) is 0 Å². The summed E-state index contributed by atoms with van der Waals surface area (Å²) >= 11 is 0. The van der Waals surface area contributed by atoms with Crippen molar-refractivity contribution in [1.82, 2.24) is 0 Å². The SMILES string of the molecule is CCC/C=C\CCCCCCCC(=O)OCC(COP(=O)(O)OCC(O)CO)OC(=O)CCCCCCCCC/C=C\C/C=C\CCCCC. The van der Waals surface area contributed by atoms with Crippen molar-refractivity contribution in [3.05, 3.63) is 36.5 Å². The maximum atomic E-state index is 12.6. The van der Waals surface area contributed by atoms with Gasteiger partial charge in [0.05, 0.1) is 19.8 Å². The summed E-state index contributed by atoms with van der Waals surface area (Å²) in [5, 5.41) is 18.3. The second-order valence-electron chi connectivity index (χ2n) is 12.9. The van der Waals surface area contributed by atoms with Gasteiger partial charge in [-0.1, -0.05) is 121 Å². The van der Waals surface area contributed by atoms with Gasteiger partial charge in [0.2, 0.25) is 0 Å². The molecule has 11 heteroatoms. The monoisotopic (exact) mass is 730 g/mol. The van der Waals surface area contributed by atoms with E-state index >= 15 is 0 Å². The lowest BCUT2D eigenvalue weighted by molar-refractivity contribution is -0.161. The van der Waals surface area contributed by atoms with Crippen molar-refractivity contribution in [2.45, 2.75) is 174 Å². The van der Waals surface area contributed by atoms with E-state index in [1.165, 1.54) is 38.5 Å². The van der Waals surface area contributed by atoms with E-state index in [9.17, 15) is 24.2 Å². The zero-order valence-electron chi connectivity index (χ0n) is 31.4. The molecule has 0 radical (unpaired) electrons. The lowest BCUT2D eigenvalue weighted by Crippen LogP contribution is -2.29. The van der Waals surface area contributed by atoms with Gasteiger partial charge in [0, 0.05) is 12.8 Å². The molecule has 0 saturated heterocycles. The van der Waals surface area contributed by atoms with Gasteiger partial charge in [-0.2, -0.15) is 0 Å². The average Bonchev–Trinajstić information content (AvgIpc) is 3.10. The molecule has 3 N–H and O–H groups in total. The molecule has 0 spiro atoms. The molecule has 3 atom stereocenters. The molecule has 0 aliphatic carbocycles. The summed E-state index contributed by atoms with van der Waals surface area (Å²) < 4.78 is 32.5. The zero-order valence-corrected chi connectivity index (χ0v) is 32.3. The number of carbonyl (C=O) groups excluding carboxylic acids is 2. The molecular weight excluding hydrogens is 659 g/mol. The van der Waals surface area contributed by atoms with Crippen LogP contribution < -0.4 is 0 Å². The lowest BCUT2D eigenvalue weighted by Gasteiger charge is -2.20. The number of aliphatic hydroxyl groups is 2. The minimum atomic E-state index is -4.61. The normalized spacial score (nSPS) is 14.4. The molecule has 0 rings (SSSR count). The summed E-state index contributed by atoms with van der Waals surface area (Å²) in [6.45, 7) is 2.25. The van der Waals surface area contributed by atoms with Crippen LogP contribution in [0.2, 0.25) is 0 Å². The Morgan fingerprint density at radius 3 is 1.64 bits per heavy atom. The number of phosphoric acid groups is 1. The molecule has 0 fully saturated rings. The molecular formula is C39H71O10P. The third-order valence-electron chi connectivity index (χ3n) is 8.00. The van der Waals surface area contributed by atoms with E-state index in [-0.39, 0.29) is 19.4 Å². The maximum absolute atomic E-state index is 12.6. The number of rotatable bonds is 36. The quantitative estimate of drug-likeness (QED) is 0.0246. The number of hydrogen-bond donors (Lipinski definition) is 3. The molecule has 292 valence electrons. The molecule has 50 heavy (non-hydrogen) atoms. The Morgan fingerprint density at radius 1 is 0.600 bits per heavy atom. The molecule has 0 heterocycles. The predicted molar refractivity (Wildman–Crippen MR) is 201 cm³/mol. The first-order chi connectivity index (χ1) is 24.2. The highest BCUT2D eigenvalue weighted by atomic mass is 31.2. The fourth-order valence-corrected chi connectivity index (χ4v) is 5.75. The van der Waals surface area contributed by atoms with Crippen LogP contribution in [0.4, 0.5) is 0 Å². The van der Waals surface area contributed by atoms with Crippen LogP contribution in [-0.4, -0.2) is 65.7 Å². The fraction of sp³-hybridized carbons (Fsp3) is 0.795. The minimum absolute atomic E-state index is 0.173. The third kappa shape index (κ3) is 34.6. The standard InChI is InChI=1S/C39H71O10P/c1-3-5-7-9-11-13-15-16-17-18-19-20-21-23-25-27-29-31-39(43)49-37(35-48-50(44,45)47-33-36(41)32-40)34-46-38(42)30-28-26-24-22-14-12-10-8-6-4-2/h8,10-11,13,16-17,36-37,40-41H,3-7,9,12,14-15,18-35H2,1-2H3,(H,44,45)/b10-8-,13-11-,17-16-. The van der Waals surface area contributed by atoms with Gasteiger partial charge in [-0.05, 0) is 64.2 Å². The van der Waals surface area contributed by atoms with Crippen molar-refractivity contribution in [1.29, 1.82) is 0 Å². The van der Waals surface area contributed by atoms with Gasteiger partial charge in [-0.3, -0.25) is 18.6 Å². The van der Waals surface area contributed by atoms with Crippen LogP contribution in [0.15, 0.2) is 36.5 Å². The van der Waals surface area contributed by atoms with Crippen LogP contribution in [0.25, 0.3) is 0 Å². The Hall–Kier alpha value is -1.81. The second kappa shape index (κ2) is 35.6. The first-order valence-electron chi connectivity index (χ1n) is 19.4. The number of hydrogen-bond acceptors (Lipinski definition) is 9. The van der Waals surface area contributed by atoms with E-state index in [4.69, 9.17) is 19.1 Å². The van der Waals surface area contributed by atoms with Crippen molar-refractivity contribution >= 4 is 19.8 Å².